The van der Waals surface area contributed by atoms with Gasteiger partial charge in [-0.05, 0) is 29.8 Å². The molecular formula is C19H19F3N4O4. The molecule has 0 bridgehead atoms. The number of nitrogens with one attached hydrogen (secondary N) is 3. The summed E-state index contributed by atoms with van der Waals surface area (Å²) in [6.07, 6.45) is -4.60. The van der Waals surface area contributed by atoms with E-state index in [4.69, 9.17) is 0 Å². The largest absolute Gasteiger partial charge is 0.416 e. The van der Waals surface area contributed by atoms with Crippen LogP contribution in [0.4, 0.5) is 30.2 Å². The van der Waals surface area contributed by atoms with Crippen molar-refractivity contribution >= 4 is 28.9 Å². The molecule has 3 N–H and O–H groups in total. The Hall–Kier alpha value is -3.63. The Morgan fingerprint density at radius 1 is 1.07 bits per heavy atom. The number of halogens is 3. The van der Waals surface area contributed by atoms with Crippen molar-refractivity contribution in [3.05, 3.63) is 63.7 Å². The summed E-state index contributed by atoms with van der Waals surface area (Å²) >= 11 is 0. The summed E-state index contributed by atoms with van der Waals surface area (Å²) in [6, 6.07) is 8.90. The summed E-state index contributed by atoms with van der Waals surface area (Å²) in [6.45, 7) is 1.58. The number of nitro benzene ring substituents is 1. The molecule has 11 heteroatoms. The fraction of sp³-hybridized carbons (Fsp3) is 0.263. The molecule has 0 aromatic heterocycles. The molecule has 8 nitrogen and oxygen atoms in total. The molecule has 0 heterocycles. The van der Waals surface area contributed by atoms with Gasteiger partial charge in [0.05, 0.1) is 16.9 Å². The third-order valence-electron chi connectivity index (χ3n) is 3.92. The van der Waals surface area contributed by atoms with Crippen LogP contribution in [0.1, 0.15) is 18.1 Å². The van der Waals surface area contributed by atoms with E-state index in [0.717, 1.165) is 12.1 Å². The zero-order chi connectivity index (χ0) is 22.3. The van der Waals surface area contributed by atoms with Crippen molar-refractivity contribution in [1.29, 1.82) is 0 Å². The van der Waals surface area contributed by atoms with E-state index in [1.807, 2.05) is 0 Å². The van der Waals surface area contributed by atoms with E-state index in [0.29, 0.717) is 17.3 Å². The number of alkyl halides is 3. The van der Waals surface area contributed by atoms with Crippen LogP contribution in [0.25, 0.3) is 0 Å². The molecular weight excluding hydrogens is 405 g/mol. The number of benzene rings is 2. The van der Waals surface area contributed by atoms with E-state index in [2.05, 4.69) is 16.0 Å². The molecule has 30 heavy (non-hydrogen) atoms. The smallest absolute Gasteiger partial charge is 0.378 e. The SMILES string of the molecule is CC(=O)Nc1ccc(CC(=O)NCCNc2ccc(C(F)(F)F)cc2[N+](=O)[O-])cc1. The van der Waals surface area contributed by atoms with Crippen molar-refractivity contribution < 1.29 is 27.7 Å². The van der Waals surface area contributed by atoms with Gasteiger partial charge in [-0.25, -0.2) is 0 Å². The van der Waals surface area contributed by atoms with Gasteiger partial charge in [-0.1, -0.05) is 12.1 Å². The van der Waals surface area contributed by atoms with Crippen LogP contribution in [0.15, 0.2) is 42.5 Å². The van der Waals surface area contributed by atoms with Crippen molar-refractivity contribution in [2.24, 2.45) is 0 Å². The summed E-state index contributed by atoms with van der Waals surface area (Å²) in [7, 11) is 0. The number of carbonyl (C=O) groups excluding carboxylic acids is 2. The predicted octanol–water partition coefficient (Wildman–Crippen LogP) is 3.34. The van der Waals surface area contributed by atoms with Gasteiger partial charge < -0.3 is 16.0 Å². The molecule has 0 atom stereocenters. The Morgan fingerprint density at radius 3 is 2.30 bits per heavy atom. The lowest BCUT2D eigenvalue weighted by molar-refractivity contribution is -0.384. The monoisotopic (exact) mass is 424 g/mol. The van der Waals surface area contributed by atoms with Crippen LogP contribution >= 0.6 is 0 Å². The van der Waals surface area contributed by atoms with Crippen LogP contribution < -0.4 is 16.0 Å². The topological polar surface area (TPSA) is 113 Å². The highest BCUT2D eigenvalue weighted by atomic mass is 19.4. The summed E-state index contributed by atoms with van der Waals surface area (Å²) < 4.78 is 38.1. The van der Waals surface area contributed by atoms with Crippen LogP contribution in [0, 0.1) is 10.1 Å². The van der Waals surface area contributed by atoms with Gasteiger partial charge in [0, 0.05) is 31.8 Å². The lowest BCUT2D eigenvalue weighted by Crippen LogP contribution is -2.30. The number of amides is 2. The second-order valence-electron chi connectivity index (χ2n) is 6.32. The number of carbonyl (C=O) groups is 2. The maximum absolute atomic E-state index is 12.7. The normalized spacial score (nSPS) is 10.9. The van der Waals surface area contributed by atoms with Gasteiger partial charge in [0.15, 0.2) is 0 Å². The Labute approximate surface area is 169 Å². The molecule has 0 spiro atoms. The highest BCUT2D eigenvalue weighted by Crippen LogP contribution is 2.34. The van der Waals surface area contributed by atoms with E-state index in [1.54, 1.807) is 24.3 Å². The van der Waals surface area contributed by atoms with Crippen LogP contribution in [0.3, 0.4) is 0 Å². The van der Waals surface area contributed by atoms with Crippen molar-refractivity contribution in [1.82, 2.24) is 5.32 Å². The van der Waals surface area contributed by atoms with Gasteiger partial charge in [0.1, 0.15) is 5.69 Å². The van der Waals surface area contributed by atoms with Crippen LogP contribution in [0.5, 0.6) is 0 Å². The van der Waals surface area contributed by atoms with Crippen molar-refractivity contribution in [2.45, 2.75) is 19.5 Å². The third kappa shape index (κ3) is 6.76. The van der Waals surface area contributed by atoms with Crippen molar-refractivity contribution in [3.63, 3.8) is 0 Å². The minimum absolute atomic E-state index is 0.0733. The Kier molecular flexibility index (Phi) is 7.34. The highest BCUT2D eigenvalue weighted by Gasteiger charge is 2.32. The van der Waals surface area contributed by atoms with Crippen LogP contribution in [0.2, 0.25) is 0 Å². The molecule has 2 aromatic carbocycles. The quantitative estimate of drug-likeness (QED) is 0.342. The summed E-state index contributed by atoms with van der Waals surface area (Å²) in [5, 5.41) is 18.9. The molecule has 2 rings (SSSR count). The van der Waals surface area contributed by atoms with E-state index < -0.39 is 22.4 Å². The number of nitro groups is 1. The molecule has 0 aliphatic rings. The van der Waals surface area contributed by atoms with E-state index in [-0.39, 0.29) is 37.0 Å². The summed E-state index contributed by atoms with van der Waals surface area (Å²) in [4.78, 5) is 33.1. The fourth-order valence-electron chi connectivity index (χ4n) is 2.56. The van der Waals surface area contributed by atoms with Crippen LogP contribution in [-0.4, -0.2) is 29.8 Å². The number of hydrogen-bond donors (Lipinski definition) is 3. The van der Waals surface area contributed by atoms with Gasteiger partial charge in [0.2, 0.25) is 11.8 Å². The number of hydrogen-bond acceptors (Lipinski definition) is 5. The third-order valence-corrected chi connectivity index (χ3v) is 3.92. The van der Waals surface area contributed by atoms with Crippen molar-refractivity contribution in [3.8, 4) is 0 Å². The summed E-state index contributed by atoms with van der Waals surface area (Å²) in [5.74, 6) is -0.507. The second-order valence-corrected chi connectivity index (χ2v) is 6.32. The molecule has 0 radical (unpaired) electrons. The number of anilines is 2. The minimum atomic E-state index is -4.68. The predicted molar refractivity (Wildman–Crippen MR) is 104 cm³/mol. The zero-order valence-corrected chi connectivity index (χ0v) is 15.9. The molecule has 0 aliphatic carbocycles. The molecule has 160 valence electrons. The molecule has 0 saturated heterocycles. The molecule has 0 unspecified atom stereocenters. The van der Waals surface area contributed by atoms with Gasteiger partial charge in [-0.15, -0.1) is 0 Å². The van der Waals surface area contributed by atoms with E-state index in [1.165, 1.54) is 6.92 Å². The van der Waals surface area contributed by atoms with Crippen molar-refractivity contribution in [2.75, 3.05) is 23.7 Å². The van der Waals surface area contributed by atoms with Gasteiger partial charge in [-0.2, -0.15) is 13.2 Å². The fourth-order valence-corrected chi connectivity index (χ4v) is 2.56. The van der Waals surface area contributed by atoms with Gasteiger partial charge >= 0.3 is 6.18 Å². The molecule has 0 fully saturated rings. The van der Waals surface area contributed by atoms with E-state index in [9.17, 15) is 32.9 Å². The van der Waals surface area contributed by atoms with Crippen LogP contribution in [-0.2, 0) is 22.2 Å². The standard InChI is InChI=1S/C19H19F3N4O4/c1-12(27)25-15-5-2-13(3-6-15)10-18(28)24-9-8-23-16-7-4-14(19(20,21)22)11-17(16)26(29)30/h2-7,11,23H,8-10H2,1H3,(H,24,28)(H,25,27). The Morgan fingerprint density at radius 2 is 1.73 bits per heavy atom. The average Bonchev–Trinajstić information content (AvgIpc) is 2.65. The lowest BCUT2D eigenvalue weighted by Gasteiger charge is -2.11. The Bertz CT molecular complexity index is 930. The maximum Gasteiger partial charge on any atom is 0.416 e. The van der Waals surface area contributed by atoms with Gasteiger partial charge in [-0.3, -0.25) is 19.7 Å². The Balaban J connectivity index is 1.85. The first-order valence-corrected chi connectivity index (χ1v) is 8.79. The first-order chi connectivity index (χ1) is 14.1. The first-order valence-electron chi connectivity index (χ1n) is 8.79. The highest BCUT2D eigenvalue weighted by molar-refractivity contribution is 5.88. The molecule has 0 aliphatic heterocycles. The molecule has 2 aromatic rings. The maximum atomic E-state index is 12.7. The molecule has 2 amide bonds. The minimum Gasteiger partial charge on any atom is -0.378 e. The number of nitrogens with zero attached hydrogens (tertiary/aromatic N) is 1. The lowest BCUT2D eigenvalue weighted by atomic mass is 10.1. The first kappa shape index (κ1) is 22.7. The zero-order valence-electron chi connectivity index (χ0n) is 15.9. The second kappa shape index (κ2) is 9.72. The van der Waals surface area contributed by atoms with E-state index >= 15 is 0 Å². The average molecular weight is 424 g/mol. The number of rotatable bonds is 8. The summed E-state index contributed by atoms with van der Waals surface area (Å²) in [5.41, 5.74) is -0.564. The molecule has 0 saturated carbocycles. The van der Waals surface area contributed by atoms with Gasteiger partial charge in [0.25, 0.3) is 5.69 Å².